The number of anilines is 1. The molecule has 1 aliphatic rings. The first-order valence-electron chi connectivity index (χ1n) is 8.15. The summed E-state index contributed by atoms with van der Waals surface area (Å²) in [7, 11) is -16.1. The van der Waals surface area contributed by atoms with Gasteiger partial charge in [-0.25, -0.2) is 18.7 Å². The lowest BCUT2D eigenvalue weighted by molar-refractivity contribution is -0.0418. The van der Waals surface area contributed by atoms with Crippen LogP contribution in [0.4, 0.5) is 5.95 Å². The molecule has 22 heteroatoms. The summed E-state index contributed by atoms with van der Waals surface area (Å²) in [6.45, 7) is -0.830. The third kappa shape index (κ3) is 6.01. The Morgan fingerprint density at radius 1 is 1.31 bits per heavy atom. The van der Waals surface area contributed by atoms with Crippen LogP contribution in [-0.4, -0.2) is 66.9 Å². The molecule has 2 aromatic heterocycles. The number of aromatic amines is 1. The minimum absolute atomic E-state index is 0.0487. The molecule has 18 nitrogen and oxygen atoms in total. The number of aromatic nitrogens is 4. The molecular formula is C10H16IN6O12P3. The summed E-state index contributed by atoms with van der Waals surface area (Å²) in [5, 5.41) is 10.4. The van der Waals surface area contributed by atoms with E-state index in [1.807, 2.05) is 22.6 Å². The Bertz CT molecular complexity index is 1210. The molecule has 3 rings (SSSR count). The molecule has 1 aliphatic heterocycles. The molecule has 9 N–H and O–H groups in total. The van der Waals surface area contributed by atoms with E-state index in [1.165, 1.54) is 10.9 Å². The fraction of sp³-hybridized carbons (Fsp3) is 0.500. The first-order valence-corrected chi connectivity index (χ1v) is 14.1. The van der Waals surface area contributed by atoms with E-state index in [-0.39, 0.29) is 17.1 Å². The van der Waals surface area contributed by atoms with Crippen LogP contribution in [-0.2, 0) is 27.3 Å². The van der Waals surface area contributed by atoms with Crippen molar-refractivity contribution >= 4 is 63.0 Å². The van der Waals surface area contributed by atoms with Crippen LogP contribution >= 0.6 is 45.9 Å². The standard InChI is InChI=1S/C10H16IN6O12P3/c11-4-6(18)3(1-27-32(25,26)29-31(23,24)16-30(20,21)22)28-9(4)17-2-13-5-7(17)14-10(12)15-8(5)19/h2-4,6,9,18H,1H2,(H,25,26)(H3,12,14,15,19)(H4,16,20,21,22,23,24)/t3-,4-,6-,9-/m1/s1. The Morgan fingerprint density at radius 3 is 2.59 bits per heavy atom. The van der Waals surface area contributed by atoms with Crippen molar-refractivity contribution < 1.29 is 51.9 Å². The maximum Gasteiger partial charge on any atom is 0.480 e. The topological polar surface area (TPSA) is 282 Å². The Labute approximate surface area is 190 Å². The van der Waals surface area contributed by atoms with Gasteiger partial charge in [0.2, 0.25) is 5.95 Å². The summed E-state index contributed by atoms with van der Waals surface area (Å²) < 4.78 is 48.8. The van der Waals surface area contributed by atoms with Crippen molar-refractivity contribution in [3.8, 4) is 0 Å². The van der Waals surface area contributed by atoms with Gasteiger partial charge in [-0.3, -0.25) is 18.9 Å². The van der Waals surface area contributed by atoms with Crippen LogP contribution in [0.15, 0.2) is 11.1 Å². The normalized spacial score (nSPS) is 27.9. The summed E-state index contributed by atoms with van der Waals surface area (Å²) in [4.78, 5) is 59.0. The molecule has 0 bridgehead atoms. The van der Waals surface area contributed by atoms with E-state index in [9.17, 15) is 33.4 Å². The Balaban J connectivity index is 1.72. The highest BCUT2D eigenvalue weighted by Gasteiger charge is 2.46. The summed E-state index contributed by atoms with van der Waals surface area (Å²) in [6.07, 6.45) is -2.33. The van der Waals surface area contributed by atoms with E-state index in [0.29, 0.717) is 0 Å². The number of rotatable bonds is 8. The zero-order chi connectivity index (χ0) is 24.1. The van der Waals surface area contributed by atoms with Crippen molar-refractivity contribution in [2.24, 2.45) is 0 Å². The second-order valence-electron chi connectivity index (χ2n) is 6.29. The van der Waals surface area contributed by atoms with E-state index in [1.54, 1.807) is 0 Å². The van der Waals surface area contributed by atoms with Crippen molar-refractivity contribution in [1.29, 1.82) is 0 Å². The van der Waals surface area contributed by atoms with Crippen LogP contribution < -0.4 is 16.2 Å². The van der Waals surface area contributed by atoms with E-state index in [0.717, 1.165) is 4.86 Å². The molecule has 3 heterocycles. The van der Waals surface area contributed by atoms with E-state index < -0.39 is 57.8 Å². The number of nitrogens with one attached hydrogen (secondary N) is 2. The number of phosphoric ester groups is 1. The van der Waals surface area contributed by atoms with Gasteiger partial charge in [0.15, 0.2) is 17.4 Å². The van der Waals surface area contributed by atoms with Crippen LogP contribution in [0.25, 0.3) is 11.2 Å². The zero-order valence-corrected chi connectivity index (χ0v) is 20.2. The average molecular weight is 632 g/mol. The lowest BCUT2D eigenvalue weighted by Gasteiger charge is -2.20. The largest absolute Gasteiger partial charge is 0.480 e. The SMILES string of the molecule is Nc1nc2c(ncn2[C@@H]2O[C@H](COP(=O)(O)OP(=O)(O)NP(=O)(O)O)[C@@H](O)[C@H]2I)c(=O)[nH]1. The van der Waals surface area contributed by atoms with Gasteiger partial charge < -0.3 is 35.2 Å². The molecule has 0 radical (unpaired) electrons. The maximum absolute atomic E-state index is 11.9. The molecule has 6 atom stereocenters. The molecule has 0 aromatic carbocycles. The number of fused-ring (bicyclic) bond motifs is 1. The second kappa shape index (κ2) is 9.10. The van der Waals surface area contributed by atoms with Gasteiger partial charge in [-0.1, -0.05) is 22.6 Å². The molecule has 0 saturated carbocycles. The van der Waals surface area contributed by atoms with Crippen LogP contribution in [0, 0.1) is 0 Å². The van der Waals surface area contributed by atoms with Gasteiger partial charge in [-0.15, -0.1) is 4.86 Å². The maximum atomic E-state index is 11.9. The van der Waals surface area contributed by atoms with Crippen molar-refractivity contribution in [1.82, 2.24) is 24.4 Å². The van der Waals surface area contributed by atoms with Crippen LogP contribution in [0.5, 0.6) is 0 Å². The summed E-state index contributed by atoms with van der Waals surface area (Å²) in [5.74, 6) is -0.191. The Morgan fingerprint density at radius 2 is 1.97 bits per heavy atom. The summed E-state index contributed by atoms with van der Waals surface area (Å²) in [5.41, 5.74) is 4.93. The van der Waals surface area contributed by atoms with Crippen molar-refractivity contribution in [2.75, 3.05) is 12.3 Å². The van der Waals surface area contributed by atoms with Crippen LogP contribution in [0.3, 0.4) is 0 Å². The molecule has 180 valence electrons. The molecule has 0 spiro atoms. The number of alkyl halides is 1. The van der Waals surface area contributed by atoms with Crippen molar-refractivity contribution in [3.05, 3.63) is 16.7 Å². The number of phosphoric acid groups is 1. The number of hydrogen-bond donors (Lipinski definition) is 8. The lowest BCUT2D eigenvalue weighted by Crippen LogP contribution is -2.30. The van der Waals surface area contributed by atoms with Gasteiger partial charge in [0.25, 0.3) is 5.56 Å². The molecule has 1 fully saturated rings. The minimum atomic E-state index is -5.43. The van der Waals surface area contributed by atoms with Gasteiger partial charge in [0, 0.05) is 0 Å². The van der Waals surface area contributed by atoms with E-state index in [4.69, 9.17) is 20.3 Å². The molecule has 1 saturated heterocycles. The lowest BCUT2D eigenvalue weighted by atomic mass is 10.2. The molecule has 2 aromatic rings. The highest BCUT2D eigenvalue weighted by atomic mass is 127. The molecular weight excluding hydrogens is 616 g/mol. The van der Waals surface area contributed by atoms with E-state index in [2.05, 4.69) is 23.8 Å². The van der Waals surface area contributed by atoms with Crippen molar-refractivity contribution in [2.45, 2.75) is 22.4 Å². The zero-order valence-electron chi connectivity index (χ0n) is 15.3. The Hall–Kier alpha value is -0.790. The van der Waals surface area contributed by atoms with E-state index >= 15 is 0 Å². The van der Waals surface area contributed by atoms with Gasteiger partial charge in [0.05, 0.1) is 23.0 Å². The van der Waals surface area contributed by atoms with Gasteiger partial charge in [-0.05, 0) is 0 Å². The summed E-state index contributed by atoms with van der Waals surface area (Å²) >= 11 is 1.82. The predicted octanol–water partition coefficient (Wildman–Crippen LogP) is -1.32. The molecule has 0 amide bonds. The van der Waals surface area contributed by atoms with Crippen molar-refractivity contribution in [3.63, 3.8) is 0 Å². The third-order valence-corrected chi connectivity index (χ3v) is 9.48. The smallest absolute Gasteiger partial charge is 0.389 e. The quantitative estimate of drug-likeness (QED) is 0.0952. The van der Waals surface area contributed by atoms with Gasteiger partial charge in [0.1, 0.15) is 6.10 Å². The molecule has 32 heavy (non-hydrogen) atoms. The van der Waals surface area contributed by atoms with Gasteiger partial charge in [-0.2, -0.15) is 9.29 Å². The number of hydrogen-bond acceptors (Lipinski definition) is 11. The number of aliphatic hydroxyl groups is 1. The second-order valence-corrected chi connectivity index (χ2v) is 12.5. The number of nitrogen functional groups attached to an aromatic ring is 1. The number of nitrogens with two attached hydrogens (primary N) is 1. The minimum Gasteiger partial charge on any atom is -0.389 e. The summed E-state index contributed by atoms with van der Waals surface area (Å²) in [6, 6.07) is 0. The fourth-order valence-corrected chi connectivity index (χ4v) is 7.12. The number of aliphatic hydroxyl groups excluding tert-OH is 1. The number of halogens is 1. The number of H-pyrrole nitrogens is 1. The van der Waals surface area contributed by atoms with Gasteiger partial charge >= 0.3 is 23.3 Å². The fourth-order valence-electron chi connectivity index (χ4n) is 2.71. The number of ether oxygens (including phenoxy) is 1. The monoisotopic (exact) mass is 632 g/mol. The third-order valence-electron chi connectivity index (χ3n) is 3.89. The Kier molecular flexibility index (Phi) is 7.35. The predicted molar refractivity (Wildman–Crippen MR) is 112 cm³/mol. The first-order chi connectivity index (χ1) is 14.6. The number of nitrogens with zero attached hydrogens (tertiary/aromatic N) is 3. The number of imidazole rings is 1. The molecule has 2 unspecified atom stereocenters. The van der Waals surface area contributed by atoms with Crippen LogP contribution in [0.1, 0.15) is 6.23 Å². The average Bonchev–Trinajstić information content (AvgIpc) is 3.12. The highest BCUT2D eigenvalue weighted by molar-refractivity contribution is 14.1. The highest BCUT2D eigenvalue weighted by Crippen LogP contribution is 2.61. The van der Waals surface area contributed by atoms with Crippen LogP contribution in [0.2, 0.25) is 0 Å². The first kappa shape index (κ1) is 25.8. The molecule has 0 aliphatic carbocycles.